The van der Waals surface area contributed by atoms with Crippen LogP contribution in [0.25, 0.3) is 0 Å². The molecule has 0 saturated heterocycles. The van der Waals surface area contributed by atoms with E-state index in [1.54, 1.807) is 55.6 Å². The van der Waals surface area contributed by atoms with Crippen molar-refractivity contribution in [2.24, 2.45) is 0 Å². The number of hydrogen-bond donors (Lipinski definition) is 1. The van der Waals surface area contributed by atoms with Crippen LogP contribution in [0.15, 0.2) is 54.6 Å². The number of rotatable bonds is 5. The maximum atomic E-state index is 11.9. The molecule has 0 saturated carbocycles. The standard InChI is InChI=1S/C16H15NO3/c1-20-14-9-7-12(8-10-14)15(18)11-17-16(19)13-5-3-2-4-6-13/h2-10H,11H2,1H3,(H,17,19). The second kappa shape index (κ2) is 6.52. The van der Waals surface area contributed by atoms with E-state index in [9.17, 15) is 9.59 Å². The van der Waals surface area contributed by atoms with Crippen molar-refractivity contribution in [1.29, 1.82) is 0 Å². The molecule has 2 aromatic rings. The number of carbonyl (C=O) groups excluding carboxylic acids is 2. The number of ether oxygens (including phenoxy) is 1. The fraction of sp³-hybridized carbons (Fsp3) is 0.125. The van der Waals surface area contributed by atoms with Crippen molar-refractivity contribution in [3.05, 3.63) is 65.7 Å². The molecule has 0 atom stereocenters. The molecule has 0 heterocycles. The first-order chi connectivity index (χ1) is 9.70. The smallest absolute Gasteiger partial charge is 0.251 e. The highest BCUT2D eigenvalue weighted by molar-refractivity contribution is 6.02. The fourth-order valence-corrected chi connectivity index (χ4v) is 1.73. The molecular formula is C16H15NO3. The summed E-state index contributed by atoms with van der Waals surface area (Å²) in [5.74, 6) is 0.291. The molecule has 4 nitrogen and oxygen atoms in total. The molecule has 0 spiro atoms. The van der Waals surface area contributed by atoms with Gasteiger partial charge >= 0.3 is 0 Å². The van der Waals surface area contributed by atoms with Crippen LogP contribution < -0.4 is 10.1 Å². The van der Waals surface area contributed by atoms with Crippen LogP contribution in [0.5, 0.6) is 5.75 Å². The average molecular weight is 269 g/mol. The molecule has 1 amide bonds. The van der Waals surface area contributed by atoms with E-state index in [1.807, 2.05) is 6.07 Å². The highest BCUT2D eigenvalue weighted by atomic mass is 16.5. The minimum absolute atomic E-state index is 0.0277. The van der Waals surface area contributed by atoms with Crippen molar-refractivity contribution in [1.82, 2.24) is 5.32 Å². The van der Waals surface area contributed by atoms with Crippen LogP contribution in [-0.4, -0.2) is 25.3 Å². The van der Waals surface area contributed by atoms with E-state index in [0.29, 0.717) is 16.9 Å². The van der Waals surface area contributed by atoms with E-state index in [0.717, 1.165) is 0 Å². The van der Waals surface area contributed by atoms with Crippen molar-refractivity contribution >= 4 is 11.7 Å². The number of Topliss-reactive ketones (excluding diaryl/α,β-unsaturated/α-hetero) is 1. The zero-order valence-corrected chi connectivity index (χ0v) is 11.1. The van der Waals surface area contributed by atoms with Gasteiger partial charge in [-0.3, -0.25) is 9.59 Å². The van der Waals surface area contributed by atoms with Gasteiger partial charge in [0, 0.05) is 11.1 Å². The summed E-state index contributed by atoms with van der Waals surface area (Å²) in [5.41, 5.74) is 1.08. The average Bonchev–Trinajstić information content (AvgIpc) is 2.53. The number of ketones is 1. The highest BCUT2D eigenvalue weighted by Gasteiger charge is 2.09. The molecule has 2 aromatic carbocycles. The van der Waals surface area contributed by atoms with Gasteiger partial charge in [-0.05, 0) is 36.4 Å². The molecule has 0 aliphatic carbocycles. The molecule has 0 radical (unpaired) electrons. The summed E-state index contributed by atoms with van der Waals surface area (Å²) in [6, 6.07) is 15.6. The summed E-state index contributed by atoms with van der Waals surface area (Å²) in [7, 11) is 1.57. The normalized spacial score (nSPS) is 9.85. The molecule has 2 rings (SSSR count). The zero-order chi connectivity index (χ0) is 14.4. The predicted octanol–water partition coefficient (Wildman–Crippen LogP) is 2.31. The maximum Gasteiger partial charge on any atom is 0.251 e. The Kier molecular flexibility index (Phi) is 4.50. The Morgan fingerprint density at radius 1 is 0.950 bits per heavy atom. The van der Waals surface area contributed by atoms with Gasteiger partial charge in [0.05, 0.1) is 13.7 Å². The topological polar surface area (TPSA) is 55.4 Å². The third kappa shape index (κ3) is 3.45. The van der Waals surface area contributed by atoms with Gasteiger partial charge in [-0.2, -0.15) is 0 Å². The molecule has 0 unspecified atom stereocenters. The Bertz CT molecular complexity index is 591. The summed E-state index contributed by atoms with van der Waals surface area (Å²) >= 11 is 0. The third-order valence-corrected chi connectivity index (χ3v) is 2.86. The number of benzene rings is 2. The molecule has 0 aliphatic heterocycles. The van der Waals surface area contributed by atoms with Gasteiger partial charge in [-0.1, -0.05) is 18.2 Å². The van der Waals surface area contributed by atoms with Gasteiger partial charge in [0.15, 0.2) is 5.78 Å². The van der Waals surface area contributed by atoms with Gasteiger partial charge in [-0.15, -0.1) is 0 Å². The first-order valence-electron chi connectivity index (χ1n) is 6.21. The van der Waals surface area contributed by atoms with Crippen LogP contribution in [-0.2, 0) is 0 Å². The van der Waals surface area contributed by atoms with Gasteiger partial charge in [0.1, 0.15) is 5.75 Å². The number of amides is 1. The number of nitrogens with one attached hydrogen (secondary N) is 1. The third-order valence-electron chi connectivity index (χ3n) is 2.86. The SMILES string of the molecule is COc1ccc(C(=O)CNC(=O)c2ccccc2)cc1. The molecule has 0 fully saturated rings. The largest absolute Gasteiger partial charge is 0.497 e. The van der Waals surface area contributed by atoms with Crippen molar-refractivity contribution in [2.75, 3.05) is 13.7 Å². The van der Waals surface area contributed by atoms with E-state index in [-0.39, 0.29) is 18.2 Å². The summed E-state index contributed by atoms with van der Waals surface area (Å²) in [4.78, 5) is 23.7. The number of hydrogen-bond acceptors (Lipinski definition) is 3. The summed E-state index contributed by atoms with van der Waals surface area (Å²) < 4.78 is 5.02. The molecule has 20 heavy (non-hydrogen) atoms. The van der Waals surface area contributed by atoms with Crippen LogP contribution in [0.2, 0.25) is 0 Å². The van der Waals surface area contributed by atoms with E-state index < -0.39 is 0 Å². The highest BCUT2D eigenvalue weighted by Crippen LogP contribution is 2.11. The second-order valence-electron chi connectivity index (χ2n) is 4.20. The molecular weight excluding hydrogens is 254 g/mol. The minimum atomic E-state index is -0.257. The van der Waals surface area contributed by atoms with Gasteiger partial charge in [0.2, 0.25) is 0 Å². The van der Waals surface area contributed by atoms with Gasteiger partial charge < -0.3 is 10.1 Å². The minimum Gasteiger partial charge on any atom is -0.497 e. The first-order valence-corrected chi connectivity index (χ1v) is 6.21. The van der Waals surface area contributed by atoms with Gasteiger partial charge in [-0.25, -0.2) is 0 Å². The Labute approximate surface area is 117 Å². The van der Waals surface area contributed by atoms with E-state index in [1.165, 1.54) is 0 Å². The quantitative estimate of drug-likeness (QED) is 0.847. The van der Waals surface area contributed by atoms with Crippen molar-refractivity contribution in [3.63, 3.8) is 0 Å². The Morgan fingerprint density at radius 2 is 1.60 bits per heavy atom. The lowest BCUT2D eigenvalue weighted by molar-refractivity contribution is 0.0904. The second-order valence-corrected chi connectivity index (χ2v) is 4.20. The first kappa shape index (κ1) is 13.8. The predicted molar refractivity (Wildman–Crippen MR) is 76.1 cm³/mol. The molecule has 4 heteroatoms. The zero-order valence-electron chi connectivity index (χ0n) is 11.1. The molecule has 0 bridgehead atoms. The lowest BCUT2D eigenvalue weighted by atomic mass is 10.1. The molecule has 0 aromatic heterocycles. The number of carbonyl (C=O) groups is 2. The maximum absolute atomic E-state index is 11.9. The van der Waals surface area contributed by atoms with Crippen molar-refractivity contribution < 1.29 is 14.3 Å². The Balaban J connectivity index is 1.93. The van der Waals surface area contributed by atoms with Gasteiger partial charge in [0.25, 0.3) is 5.91 Å². The van der Waals surface area contributed by atoms with E-state index in [4.69, 9.17) is 4.74 Å². The molecule has 1 N–H and O–H groups in total. The van der Waals surface area contributed by atoms with Crippen LogP contribution in [0.4, 0.5) is 0 Å². The summed E-state index contributed by atoms with van der Waals surface area (Å²) in [5, 5.41) is 2.61. The summed E-state index contributed by atoms with van der Waals surface area (Å²) in [6.45, 7) is -0.0277. The Morgan fingerprint density at radius 3 is 2.20 bits per heavy atom. The number of methoxy groups -OCH3 is 1. The lowest BCUT2D eigenvalue weighted by Crippen LogP contribution is -2.29. The summed E-state index contributed by atoms with van der Waals surface area (Å²) in [6.07, 6.45) is 0. The van der Waals surface area contributed by atoms with E-state index in [2.05, 4.69) is 5.32 Å². The van der Waals surface area contributed by atoms with Crippen molar-refractivity contribution in [3.8, 4) is 5.75 Å². The Hall–Kier alpha value is -2.62. The monoisotopic (exact) mass is 269 g/mol. The van der Waals surface area contributed by atoms with Crippen LogP contribution in [0, 0.1) is 0 Å². The van der Waals surface area contributed by atoms with Crippen LogP contribution >= 0.6 is 0 Å². The van der Waals surface area contributed by atoms with Crippen molar-refractivity contribution in [2.45, 2.75) is 0 Å². The lowest BCUT2D eigenvalue weighted by Gasteiger charge is -2.05. The fourth-order valence-electron chi connectivity index (χ4n) is 1.73. The van der Waals surface area contributed by atoms with Crippen LogP contribution in [0.1, 0.15) is 20.7 Å². The van der Waals surface area contributed by atoms with E-state index >= 15 is 0 Å². The van der Waals surface area contributed by atoms with Crippen LogP contribution in [0.3, 0.4) is 0 Å². The molecule has 102 valence electrons. The molecule has 0 aliphatic rings.